The molecule has 2 aromatic heterocycles. The van der Waals surface area contributed by atoms with E-state index in [0.717, 1.165) is 68.5 Å². The predicted octanol–water partition coefficient (Wildman–Crippen LogP) is 5.37. The number of nitrogens with zero attached hydrogens (tertiary/aromatic N) is 4. The number of aromatic nitrogens is 3. The van der Waals surface area contributed by atoms with Gasteiger partial charge in [0.05, 0.1) is 17.0 Å². The number of piperidine rings is 1. The zero-order chi connectivity index (χ0) is 24.4. The molecule has 0 aliphatic carbocycles. The van der Waals surface area contributed by atoms with Crippen molar-refractivity contribution in [3.05, 3.63) is 64.1 Å². The van der Waals surface area contributed by atoms with Crippen molar-refractivity contribution in [2.45, 2.75) is 71.1 Å². The number of halogens is 1. The van der Waals surface area contributed by atoms with Crippen LogP contribution in [0.25, 0.3) is 5.65 Å². The fourth-order valence-electron chi connectivity index (χ4n) is 5.85. The summed E-state index contributed by atoms with van der Waals surface area (Å²) in [5, 5.41) is 9.45. The monoisotopic (exact) mass is 495 g/mol. The summed E-state index contributed by atoms with van der Waals surface area (Å²) >= 11 is 6.07. The van der Waals surface area contributed by atoms with Gasteiger partial charge in [-0.15, -0.1) is 0 Å². The number of fused-ring (bicyclic) bond motifs is 1. The molecule has 188 valence electrons. The minimum absolute atomic E-state index is 0.0111. The van der Waals surface area contributed by atoms with Gasteiger partial charge in [-0.3, -0.25) is 4.90 Å². The Morgan fingerprint density at radius 2 is 2.00 bits per heavy atom. The Hall–Kier alpha value is -1.99. The molecule has 3 aromatic rings. The molecule has 2 aliphatic rings. The number of rotatable bonds is 7. The molecule has 4 heterocycles. The van der Waals surface area contributed by atoms with E-state index in [2.05, 4.69) is 53.7 Å². The number of ether oxygens (including phenoxy) is 1. The molecule has 0 radical (unpaired) electrons. The molecule has 0 bridgehead atoms. The molecule has 0 unspecified atom stereocenters. The fraction of sp³-hybridized carbons (Fsp3) is 0.571. The first-order valence-corrected chi connectivity index (χ1v) is 13.4. The van der Waals surface area contributed by atoms with Crippen molar-refractivity contribution in [3.63, 3.8) is 0 Å². The Labute approximate surface area is 214 Å². The molecular formula is C28H38ClN5O. The lowest BCUT2D eigenvalue weighted by molar-refractivity contribution is -0.0718. The number of aryl methyl sites for hydroxylation is 1. The highest BCUT2D eigenvalue weighted by molar-refractivity contribution is 6.30. The van der Waals surface area contributed by atoms with Gasteiger partial charge in [-0.25, -0.2) is 9.50 Å². The average molecular weight is 496 g/mol. The van der Waals surface area contributed by atoms with Gasteiger partial charge in [-0.1, -0.05) is 23.7 Å². The van der Waals surface area contributed by atoms with Gasteiger partial charge >= 0.3 is 0 Å². The molecule has 35 heavy (non-hydrogen) atoms. The number of hydrogen-bond acceptors (Lipinski definition) is 5. The SMILES string of the molecule is Cc1nn2c([C@@H]3CCCN(Cc4ccc(Cl)cc4)C3)ccnc2c1CNC[C@@H]1CCOC(C)(C)C1. The maximum atomic E-state index is 6.07. The minimum atomic E-state index is -0.0111. The smallest absolute Gasteiger partial charge is 0.159 e. The van der Waals surface area contributed by atoms with Crippen LogP contribution in [0.15, 0.2) is 36.5 Å². The van der Waals surface area contributed by atoms with Crippen LogP contribution >= 0.6 is 11.6 Å². The molecule has 0 spiro atoms. The van der Waals surface area contributed by atoms with Gasteiger partial charge in [0.15, 0.2) is 5.65 Å². The van der Waals surface area contributed by atoms with E-state index in [9.17, 15) is 0 Å². The third-order valence-corrected chi connectivity index (χ3v) is 7.87. The van der Waals surface area contributed by atoms with Gasteiger partial charge in [0, 0.05) is 48.9 Å². The summed E-state index contributed by atoms with van der Waals surface area (Å²) < 4.78 is 7.99. The van der Waals surface area contributed by atoms with Crippen LogP contribution in [0.3, 0.4) is 0 Å². The van der Waals surface area contributed by atoms with Crippen LogP contribution in [0.4, 0.5) is 0 Å². The molecule has 2 fully saturated rings. The van der Waals surface area contributed by atoms with E-state index >= 15 is 0 Å². The maximum Gasteiger partial charge on any atom is 0.159 e. The molecule has 5 rings (SSSR count). The van der Waals surface area contributed by atoms with E-state index in [4.69, 9.17) is 26.4 Å². The zero-order valence-electron chi connectivity index (χ0n) is 21.3. The van der Waals surface area contributed by atoms with Crippen molar-refractivity contribution >= 4 is 17.2 Å². The van der Waals surface area contributed by atoms with Crippen LogP contribution in [0.5, 0.6) is 0 Å². The third-order valence-electron chi connectivity index (χ3n) is 7.62. The standard InChI is InChI=1S/C28H38ClN5O/c1-20-25(17-30-16-22-11-14-35-28(2,3)15-22)27-31-12-10-26(34(27)32-20)23-5-4-13-33(19-23)18-21-6-8-24(29)9-7-21/h6-10,12,22-23,30H,4-5,11,13-19H2,1-3H3/t22-,23-/m1/s1. The summed E-state index contributed by atoms with van der Waals surface area (Å²) in [5.41, 5.74) is 5.85. The van der Waals surface area contributed by atoms with Gasteiger partial charge in [-0.05, 0) is 89.2 Å². The van der Waals surface area contributed by atoms with Gasteiger partial charge < -0.3 is 10.1 Å². The molecular weight excluding hydrogens is 458 g/mol. The normalized spacial score (nSPS) is 23.1. The molecule has 2 aliphatic heterocycles. The lowest BCUT2D eigenvalue weighted by Gasteiger charge is -2.35. The van der Waals surface area contributed by atoms with Crippen LogP contribution in [-0.4, -0.2) is 51.3 Å². The molecule has 2 saturated heterocycles. The summed E-state index contributed by atoms with van der Waals surface area (Å²) in [6.07, 6.45) is 6.57. The summed E-state index contributed by atoms with van der Waals surface area (Å²) in [7, 11) is 0. The van der Waals surface area contributed by atoms with Gasteiger partial charge in [-0.2, -0.15) is 5.10 Å². The molecule has 2 atom stereocenters. The summed E-state index contributed by atoms with van der Waals surface area (Å²) in [4.78, 5) is 7.31. The highest BCUT2D eigenvalue weighted by Gasteiger charge is 2.29. The molecule has 6 nitrogen and oxygen atoms in total. The van der Waals surface area contributed by atoms with Crippen LogP contribution < -0.4 is 5.32 Å². The van der Waals surface area contributed by atoms with Crippen molar-refractivity contribution in [1.82, 2.24) is 24.8 Å². The van der Waals surface area contributed by atoms with Crippen molar-refractivity contribution in [2.24, 2.45) is 5.92 Å². The van der Waals surface area contributed by atoms with Crippen molar-refractivity contribution in [1.29, 1.82) is 0 Å². The van der Waals surface area contributed by atoms with Crippen LogP contribution in [0, 0.1) is 12.8 Å². The maximum absolute atomic E-state index is 6.07. The first-order valence-electron chi connectivity index (χ1n) is 13.0. The number of nitrogens with one attached hydrogen (secondary N) is 1. The largest absolute Gasteiger partial charge is 0.376 e. The van der Waals surface area contributed by atoms with Crippen molar-refractivity contribution < 1.29 is 4.74 Å². The zero-order valence-corrected chi connectivity index (χ0v) is 22.0. The van der Waals surface area contributed by atoms with E-state index in [1.807, 2.05) is 18.3 Å². The Balaban J connectivity index is 1.27. The Bertz CT molecular complexity index is 1140. The summed E-state index contributed by atoms with van der Waals surface area (Å²) in [6.45, 7) is 12.3. The molecule has 0 amide bonds. The second-order valence-electron chi connectivity index (χ2n) is 11.0. The first-order chi connectivity index (χ1) is 16.9. The van der Waals surface area contributed by atoms with E-state index in [1.165, 1.54) is 29.7 Å². The van der Waals surface area contributed by atoms with Crippen LogP contribution in [-0.2, 0) is 17.8 Å². The average Bonchev–Trinajstić information content (AvgIpc) is 3.15. The van der Waals surface area contributed by atoms with E-state index in [-0.39, 0.29) is 5.60 Å². The van der Waals surface area contributed by atoms with E-state index < -0.39 is 0 Å². The van der Waals surface area contributed by atoms with Gasteiger partial charge in [0.25, 0.3) is 0 Å². The third kappa shape index (κ3) is 5.88. The predicted molar refractivity (Wildman–Crippen MR) is 141 cm³/mol. The van der Waals surface area contributed by atoms with E-state index in [0.29, 0.717) is 11.8 Å². The second kappa shape index (κ2) is 10.6. The van der Waals surface area contributed by atoms with Gasteiger partial charge in [0.2, 0.25) is 0 Å². The Morgan fingerprint density at radius 1 is 1.17 bits per heavy atom. The number of benzene rings is 1. The Morgan fingerprint density at radius 3 is 2.80 bits per heavy atom. The van der Waals surface area contributed by atoms with Gasteiger partial charge in [0.1, 0.15) is 0 Å². The first kappa shape index (κ1) is 24.7. The summed E-state index contributed by atoms with van der Waals surface area (Å²) in [6, 6.07) is 10.4. The van der Waals surface area contributed by atoms with Crippen molar-refractivity contribution in [3.8, 4) is 0 Å². The Kier molecular flexibility index (Phi) is 7.44. The van der Waals surface area contributed by atoms with Crippen molar-refractivity contribution in [2.75, 3.05) is 26.2 Å². The quantitative estimate of drug-likeness (QED) is 0.477. The molecule has 7 heteroatoms. The fourth-order valence-corrected chi connectivity index (χ4v) is 5.98. The molecule has 0 saturated carbocycles. The number of likely N-dealkylation sites (tertiary alicyclic amines) is 1. The van der Waals surface area contributed by atoms with Crippen LogP contribution in [0.2, 0.25) is 5.02 Å². The minimum Gasteiger partial charge on any atom is -0.376 e. The molecule has 1 N–H and O–H groups in total. The topological polar surface area (TPSA) is 54.7 Å². The lowest BCUT2D eigenvalue weighted by Crippen LogP contribution is -2.37. The summed E-state index contributed by atoms with van der Waals surface area (Å²) in [5.74, 6) is 1.10. The van der Waals surface area contributed by atoms with Crippen LogP contribution in [0.1, 0.15) is 68.0 Å². The highest BCUT2D eigenvalue weighted by atomic mass is 35.5. The lowest BCUT2D eigenvalue weighted by atomic mass is 9.88. The highest BCUT2D eigenvalue weighted by Crippen LogP contribution is 2.30. The second-order valence-corrected chi connectivity index (χ2v) is 11.4. The van der Waals surface area contributed by atoms with E-state index in [1.54, 1.807) is 0 Å². The number of hydrogen-bond donors (Lipinski definition) is 1. The molecule has 1 aromatic carbocycles.